The second kappa shape index (κ2) is 11.2. The Hall–Kier alpha value is -4.03. The molecule has 176 valence electrons. The third kappa shape index (κ3) is 7.83. The van der Waals surface area contributed by atoms with Gasteiger partial charge in [-0.15, -0.1) is 0 Å². The third-order valence-corrected chi connectivity index (χ3v) is 4.39. The van der Waals surface area contributed by atoms with Crippen LogP contribution < -0.4 is 21.7 Å². The number of rotatable bonds is 6. The van der Waals surface area contributed by atoms with Crippen LogP contribution in [0.5, 0.6) is 0 Å². The molecule has 0 radical (unpaired) electrons. The summed E-state index contributed by atoms with van der Waals surface area (Å²) >= 11 is 6.24. The van der Waals surface area contributed by atoms with E-state index in [0.29, 0.717) is 52.5 Å². The maximum absolute atomic E-state index is 11.6. The number of benzene rings is 1. The number of halogens is 1. The smallest absolute Gasteiger partial charge is 0.407 e. The maximum Gasteiger partial charge on any atom is 0.407 e. The van der Waals surface area contributed by atoms with Gasteiger partial charge >= 0.3 is 6.09 Å². The van der Waals surface area contributed by atoms with E-state index in [0.717, 1.165) is 0 Å². The highest BCUT2D eigenvalue weighted by Crippen LogP contribution is 2.27. The SMILES string of the molecule is CC(C)(C)OC(=O)NCCC#Cc1cc(Nc2ncc(Cl)c(Nc3ccccc3N)n2)ccn1. The first kappa shape index (κ1) is 24.6. The number of ether oxygens (including phenoxy) is 1. The minimum absolute atomic E-state index is 0.341. The molecule has 0 unspecified atom stereocenters. The summed E-state index contributed by atoms with van der Waals surface area (Å²) in [6, 6.07) is 10.9. The highest BCUT2D eigenvalue weighted by atomic mass is 35.5. The van der Waals surface area contributed by atoms with Crippen molar-refractivity contribution >= 4 is 46.5 Å². The summed E-state index contributed by atoms with van der Waals surface area (Å²) in [5.74, 6) is 6.71. The van der Waals surface area contributed by atoms with Crippen molar-refractivity contribution in [3.05, 3.63) is 59.5 Å². The van der Waals surface area contributed by atoms with E-state index in [-0.39, 0.29) is 0 Å². The minimum Gasteiger partial charge on any atom is -0.444 e. The molecule has 0 aliphatic carbocycles. The number of hydrogen-bond acceptors (Lipinski definition) is 8. The van der Waals surface area contributed by atoms with E-state index in [1.54, 1.807) is 24.4 Å². The number of nitrogens with two attached hydrogens (primary N) is 1. The van der Waals surface area contributed by atoms with Crippen LogP contribution in [0.1, 0.15) is 32.9 Å². The van der Waals surface area contributed by atoms with Gasteiger partial charge in [0, 0.05) is 24.8 Å². The number of anilines is 5. The number of para-hydroxylation sites is 2. The van der Waals surface area contributed by atoms with Crippen molar-refractivity contribution in [2.75, 3.05) is 22.9 Å². The van der Waals surface area contributed by atoms with Crippen LogP contribution in [-0.2, 0) is 4.74 Å². The van der Waals surface area contributed by atoms with Gasteiger partial charge in [0.25, 0.3) is 0 Å². The molecule has 1 aromatic carbocycles. The Morgan fingerprint density at radius 3 is 2.74 bits per heavy atom. The molecule has 0 atom stereocenters. The quantitative estimate of drug-likeness (QED) is 0.224. The molecule has 0 aliphatic heterocycles. The summed E-state index contributed by atoms with van der Waals surface area (Å²) in [5.41, 5.74) is 7.98. The first-order chi connectivity index (χ1) is 16.2. The lowest BCUT2D eigenvalue weighted by Gasteiger charge is -2.19. The van der Waals surface area contributed by atoms with Gasteiger partial charge in [0.15, 0.2) is 5.82 Å². The highest BCUT2D eigenvalue weighted by Gasteiger charge is 2.15. The highest BCUT2D eigenvalue weighted by molar-refractivity contribution is 6.33. The number of amides is 1. The van der Waals surface area contributed by atoms with E-state index < -0.39 is 11.7 Å². The van der Waals surface area contributed by atoms with Crippen LogP contribution in [0.25, 0.3) is 0 Å². The largest absolute Gasteiger partial charge is 0.444 e. The Kier molecular flexibility index (Phi) is 8.11. The number of nitrogen functional groups attached to an aromatic ring is 1. The van der Waals surface area contributed by atoms with Crippen LogP contribution in [0.15, 0.2) is 48.8 Å². The normalized spacial score (nSPS) is 10.6. The second-order valence-corrected chi connectivity index (χ2v) is 8.54. The number of nitrogens with one attached hydrogen (secondary N) is 3. The molecule has 0 spiro atoms. The molecular formula is C24H26ClN7O2. The molecule has 3 aromatic rings. The lowest BCUT2D eigenvalue weighted by atomic mass is 10.2. The van der Waals surface area contributed by atoms with E-state index in [1.165, 1.54) is 6.20 Å². The van der Waals surface area contributed by atoms with Crippen molar-refractivity contribution < 1.29 is 9.53 Å². The number of carbonyl (C=O) groups excluding carboxylic acids is 1. The van der Waals surface area contributed by atoms with Crippen LogP contribution in [0.3, 0.4) is 0 Å². The predicted octanol–water partition coefficient (Wildman–Crippen LogP) is 4.86. The van der Waals surface area contributed by atoms with Gasteiger partial charge in [-0.2, -0.15) is 4.98 Å². The van der Waals surface area contributed by atoms with Crippen molar-refractivity contribution in [1.82, 2.24) is 20.3 Å². The molecule has 9 nitrogen and oxygen atoms in total. The topological polar surface area (TPSA) is 127 Å². The zero-order valence-corrected chi connectivity index (χ0v) is 19.9. The Balaban J connectivity index is 1.60. The zero-order valence-electron chi connectivity index (χ0n) is 19.1. The van der Waals surface area contributed by atoms with Crippen LogP contribution in [0.4, 0.5) is 33.6 Å². The fourth-order valence-corrected chi connectivity index (χ4v) is 2.79. The lowest BCUT2D eigenvalue weighted by molar-refractivity contribution is 0.0529. The minimum atomic E-state index is -0.535. The van der Waals surface area contributed by atoms with E-state index in [9.17, 15) is 4.79 Å². The van der Waals surface area contributed by atoms with Gasteiger partial charge in [0.2, 0.25) is 5.95 Å². The first-order valence-electron chi connectivity index (χ1n) is 10.5. The van der Waals surface area contributed by atoms with Crippen molar-refractivity contribution in [2.24, 2.45) is 0 Å². The van der Waals surface area contributed by atoms with E-state index in [2.05, 4.69) is 42.7 Å². The van der Waals surface area contributed by atoms with Crippen LogP contribution in [0, 0.1) is 11.8 Å². The molecule has 0 saturated heterocycles. The van der Waals surface area contributed by atoms with Crippen molar-refractivity contribution in [1.29, 1.82) is 0 Å². The summed E-state index contributed by atoms with van der Waals surface area (Å²) in [6.45, 7) is 5.81. The Morgan fingerprint density at radius 1 is 1.18 bits per heavy atom. The Labute approximate surface area is 203 Å². The number of pyridine rings is 1. The van der Waals surface area contributed by atoms with E-state index in [1.807, 2.05) is 39.0 Å². The monoisotopic (exact) mass is 479 g/mol. The van der Waals surface area contributed by atoms with Gasteiger partial charge in [0.05, 0.1) is 17.6 Å². The summed E-state index contributed by atoms with van der Waals surface area (Å²) in [7, 11) is 0. The molecule has 0 bridgehead atoms. The molecule has 0 saturated carbocycles. The number of alkyl carbamates (subject to hydrolysis) is 1. The Morgan fingerprint density at radius 2 is 1.97 bits per heavy atom. The number of carbonyl (C=O) groups is 1. The van der Waals surface area contributed by atoms with Crippen LogP contribution >= 0.6 is 11.6 Å². The maximum atomic E-state index is 11.6. The van der Waals surface area contributed by atoms with Gasteiger partial charge in [0.1, 0.15) is 16.3 Å². The van der Waals surface area contributed by atoms with Gasteiger partial charge < -0.3 is 26.4 Å². The van der Waals surface area contributed by atoms with Crippen LogP contribution in [-0.4, -0.2) is 33.2 Å². The molecule has 0 aliphatic rings. The Bertz CT molecular complexity index is 1220. The summed E-state index contributed by atoms with van der Waals surface area (Å²) in [4.78, 5) is 24.5. The average Bonchev–Trinajstić information content (AvgIpc) is 2.76. The summed E-state index contributed by atoms with van der Waals surface area (Å²) in [5, 5.41) is 9.25. The first-order valence-corrected chi connectivity index (χ1v) is 10.9. The number of nitrogens with zero attached hydrogens (tertiary/aromatic N) is 3. The van der Waals surface area contributed by atoms with Crippen molar-refractivity contribution in [3.8, 4) is 11.8 Å². The fourth-order valence-electron chi connectivity index (χ4n) is 2.65. The fraction of sp³-hybridized carbons (Fsp3) is 0.250. The molecule has 2 aromatic heterocycles. The molecule has 34 heavy (non-hydrogen) atoms. The molecule has 2 heterocycles. The molecule has 3 rings (SSSR count). The van der Waals surface area contributed by atoms with Crippen LogP contribution in [0.2, 0.25) is 5.02 Å². The predicted molar refractivity (Wildman–Crippen MR) is 134 cm³/mol. The van der Waals surface area contributed by atoms with E-state index in [4.69, 9.17) is 22.1 Å². The molecule has 1 amide bonds. The number of hydrogen-bond donors (Lipinski definition) is 4. The molecular weight excluding hydrogens is 454 g/mol. The summed E-state index contributed by atoms with van der Waals surface area (Å²) in [6.07, 6.45) is 3.12. The van der Waals surface area contributed by atoms with Gasteiger partial charge in [-0.3, -0.25) is 0 Å². The van der Waals surface area contributed by atoms with E-state index >= 15 is 0 Å². The van der Waals surface area contributed by atoms with Gasteiger partial charge in [-0.25, -0.2) is 14.8 Å². The standard InChI is InChI=1S/C24H26ClN7O2/c1-24(2,3)34-23(33)28-12-7-6-8-16-14-17(11-13-27-16)30-22-29-15-18(25)21(32-22)31-20-10-5-4-9-19(20)26/h4-5,9-11,13-15H,7,12,26H2,1-3H3,(H,28,33)(H2,27,29,30,31,32). The molecule has 0 fully saturated rings. The summed E-state index contributed by atoms with van der Waals surface area (Å²) < 4.78 is 5.18. The zero-order chi connectivity index (χ0) is 24.6. The van der Waals surface area contributed by atoms with Crippen molar-refractivity contribution in [2.45, 2.75) is 32.8 Å². The third-order valence-electron chi connectivity index (χ3n) is 4.11. The molecule has 5 N–H and O–H groups in total. The lowest BCUT2D eigenvalue weighted by Crippen LogP contribution is -2.32. The van der Waals surface area contributed by atoms with Gasteiger partial charge in [-0.05, 0) is 51.0 Å². The number of aromatic nitrogens is 3. The van der Waals surface area contributed by atoms with Gasteiger partial charge in [-0.1, -0.05) is 29.7 Å². The molecule has 10 heteroatoms. The van der Waals surface area contributed by atoms with Crippen molar-refractivity contribution in [3.63, 3.8) is 0 Å². The average molecular weight is 480 g/mol. The second-order valence-electron chi connectivity index (χ2n) is 8.14.